The lowest BCUT2D eigenvalue weighted by molar-refractivity contribution is 0.102. The Balaban J connectivity index is 1.89. The molecule has 0 aliphatic rings. The number of H-pyrrole nitrogens is 1. The number of hydrogen-bond donors (Lipinski definition) is 2. The molecule has 19 heavy (non-hydrogen) atoms. The minimum absolute atomic E-state index is 0.202. The van der Waals surface area contributed by atoms with Gasteiger partial charge in [0.05, 0.1) is 16.6 Å². The second kappa shape index (κ2) is 4.85. The van der Waals surface area contributed by atoms with E-state index < -0.39 is 0 Å². The molecule has 0 aliphatic heterocycles. The van der Waals surface area contributed by atoms with E-state index in [2.05, 4.69) is 31.2 Å². The number of para-hydroxylation sites is 2. The Kier molecular flexibility index (Phi) is 3.05. The summed E-state index contributed by atoms with van der Waals surface area (Å²) in [6.45, 7) is 0. The van der Waals surface area contributed by atoms with E-state index in [1.807, 2.05) is 42.5 Å². The molecule has 2 aromatic carbocycles. The number of carbonyl (C=O) groups excluding carboxylic acids is 1. The van der Waals surface area contributed by atoms with Crippen LogP contribution in [-0.4, -0.2) is 15.9 Å². The molecular formula is C14H10BrN3O. The third kappa shape index (κ3) is 2.37. The number of anilines is 1. The van der Waals surface area contributed by atoms with E-state index in [9.17, 15) is 4.79 Å². The van der Waals surface area contributed by atoms with Gasteiger partial charge >= 0.3 is 0 Å². The van der Waals surface area contributed by atoms with Crippen molar-refractivity contribution in [2.75, 3.05) is 5.32 Å². The van der Waals surface area contributed by atoms with Crippen LogP contribution in [0.2, 0.25) is 0 Å². The Morgan fingerprint density at radius 2 is 1.84 bits per heavy atom. The van der Waals surface area contributed by atoms with Crippen LogP contribution in [0.5, 0.6) is 0 Å². The van der Waals surface area contributed by atoms with Gasteiger partial charge in [0.25, 0.3) is 5.91 Å². The Morgan fingerprint density at radius 3 is 2.63 bits per heavy atom. The van der Waals surface area contributed by atoms with Gasteiger partial charge in [0.15, 0.2) is 0 Å². The first-order chi connectivity index (χ1) is 9.24. The molecule has 0 atom stereocenters. The lowest BCUT2D eigenvalue weighted by Gasteiger charge is -2.03. The van der Waals surface area contributed by atoms with Crippen molar-refractivity contribution in [3.8, 4) is 0 Å². The van der Waals surface area contributed by atoms with Crippen molar-refractivity contribution >= 4 is 38.8 Å². The minimum Gasteiger partial charge on any atom is -0.324 e. The number of fused-ring (bicyclic) bond motifs is 1. The molecule has 3 rings (SSSR count). The number of aromatic amines is 1. The number of nitrogens with one attached hydrogen (secondary N) is 2. The molecule has 0 spiro atoms. The molecule has 0 saturated carbocycles. The average Bonchev–Trinajstić information content (AvgIpc) is 2.81. The van der Waals surface area contributed by atoms with E-state index >= 15 is 0 Å². The van der Waals surface area contributed by atoms with Crippen LogP contribution in [0.15, 0.2) is 53.0 Å². The van der Waals surface area contributed by atoms with Crippen LogP contribution >= 0.6 is 15.9 Å². The Morgan fingerprint density at radius 1 is 1.11 bits per heavy atom. The summed E-state index contributed by atoms with van der Waals surface area (Å²) in [5.41, 5.74) is 2.29. The molecule has 1 heterocycles. The molecule has 3 aromatic rings. The largest absolute Gasteiger partial charge is 0.324 e. The maximum atomic E-state index is 12.1. The fourth-order valence-electron chi connectivity index (χ4n) is 1.83. The number of imidazole rings is 1. The molecule has 1 aromatic heterocycles. The van der Waals surface area contributed by atoms with Gasteiger partial charge in [0, 0.05) is 4.47 Å². The van der Waals surface area contributed by atoms with Gasteiger partial charge in [-0.05, 0) is 40.2 Å². The fraction of sp³-hybridized carbons (Fsp3) is 0. The molecule has 0 saturated heterocycles. The van der Waals surface area contributed by atoms with Crippen molar-refractivity contribution < 1.29 is 4.79 Å². The highest BCUT2D eigenvalue weighted by atomic mass is 79.9. The number of amides is 1. The van der Waals surface area contributed by atoms with Gasteiger partial charge in [-0.25, -0.2) is 4.98 Å². The SMILES string of the molecule is O=C(Nc1nc2ccccc2[nH]1)c1ccccc1Br. The first-order valence-electron chi connectivity index (χ1n) is 5.75. The molecule has 0 bridgehead atoms. The van der Waals surface area contributed by atoms with Gasteiger partial charge in [0.2, 0.25) is 5.95 Å². The van der Waals surface area contributed by atoms with E-state index in [1.165, 1.54) is 0 Å². The molecule has 0 fully saturated rings. The highest BCUT2D eigenvalue weighted by Gasteiger charge is 2.11. The summed E-state index contributed by atoms with van der Waals surface area (Å²) < 4.78 is 0.753. The topological polar surface area (TPSA) is 57.8 Å². The summed E-state index contributed by atoms with van der Waals surface area (Å²) in [4.78, 5) is 19.5. The normalized spacial score (nSPS) is 10.6. The monoisotopic (exact) mass is 315 g/mol. The average molecular weight is 316 g/mol. The zero-order valence-electron chi connectivity index (χ0n) is 9.85. The van der Waals surface area contributed by atoms with Crippen molar-refractivity contribution in [2.24, 2.45) is 0 Å². The minimum atomic E-state index is -0.202. The summed E-state index contributed by atoms with van der Waals surface area (Å²) in [6.07, 6.45) is 0. The molecular weight excluding hydrogens is 306 g/mol. The second-order valence-electron chi connectivity index (χ2n) is 4.04. The molecule has 0 radical (unpaired) electrons. The smallest absolute Gasteiger partial charge is 0.259 e. The number of benzene rings is 2. The van der Waals surface area contributed by atoms with Crippen molar-refractivity contribution in [1.29, 1.82) is 0 Å². The van der Waals surface area contributed by atoms with E-state index in [4.69, 9.17) is 0 Å². The van der Waals surface area contributed by atoms with Crippen LogP contribution in [0.3, 0.4) is 0 Å². The quantitative estimate of drug-likeness (QED) is 0.759. The highest BCUT2D eigenvalue weighted by molar-refractivity contribution is 9.10. The van der Waals surface area contributed by atoms with Gasteiger partial charge in [-0.2, -0.15) is 0 Å². The van der Waals surface area contributed by atoms with Gasteiger partial charge < -0.3 is 4.98 Å². The van der Waals surface area contributed by atoms with Crippen LogP contribution in [-0.2, 0) is 0 Å². The van der Waals surface area contributed by atoms with Crippen molar-refractivity contribution in [3.63, 3.8) is 0 Å². The number of halogens is 1. The van der Waals surface area contributed by atoms with Crippen LogP contribution < -0.4 is 5.32 Å². The second-order valence-corrected chi connectivity index (χ2v) is 4.89. The summed E-state index contributed by atoms with van der Waals surface area (Å²) >= 11 is 3.35. The van der Waals surface area contributed by atoms with Gasteiger partial charge in [-0.1, -0.05) is 24.3 Å². The Labute approximate surface area is 118 Å². The summed E-state index contributed by atoms with van der Waals surface area (Å²) in [6, 6.07) is 14.9. The standard InChI is InChI=1S/C14H10BrN3O/c15-10-6-2-1-5-9(10)13(19)18-14-16-11-7-3-4-8-12(11)17-14/h1-8H,(H2,16,17,18,19). The van der Waals surface area contributed by atoms with Crippen molar-refractivity contribution in [2.45, 2.75) is 0 Å². The van der Waals surface area contributed by atoms with Crippen LogP contribution in [0.25, 0.3) is 11.0 Å². The van der Waals surface area contributed by atoms with Gasteiger partial charge in [0.1, 0.15) is 0 Å². The van der Waals surface area contributed by atoms with E-state index in [0.717, 1.165) is 15.5 Å². The van der Waals surface area contributed by atoms with Gasteiger partial charge in [-0.3, -0.25) is 10.1 Å². The third-order valence-electron chi connectivity index (χ3n) is 2.74. The zero-order chi connectivity index (χ0) is 13.2. The molecule has 94 valence electrons. The van der Waals surface area contributed by atoms with Crippen molar-refractivity contribution in [3.05, 3.63) is 58.6 Å². The third-order valence-corrected chi connectivity index (χ3v) is 3.43. The lowest BCUT2D eigenvalue weighted by atomic mass is 10.2. The number of hydrogen-bond acceptors (Lipinski definition) is 2. The zero-order valence-corrected chi connectivity index (χ0v) is 11.4. The summed E-state index contributed by atoms with van der Waals surface area (Å²) in [7, 11) is 0. The number of rotatable bonds is 2. The van der Waals surface area contributed by atoms with Gasteiger partial charge in [-0.15, -0.1) is 0 Å². The van der Waals surface area contributed by atoms with Crippen LogP contribution in [0.4, 0.5) is 5.95 Å². The van der Waals surface area contributed by atoms with E-state index in [0.29, 0.717) is 11.5 Å². The van der Waals surface area contributed by atoms with E-state index in [-0.39, 0.29) is 5.91 Å². The molecule has 0 aliphatic carbocycles. The first-order valence-corrected chi connectivity index (χ1v) is 6.54. The van der Waals surface area contributed by atoms with Crippen LogP contribution in [0.1, 0.15) is 10.4 Å². The highest BCUT2D eigenvalue weighted by Crippen LogP contribution is 2.18. The maximum Gasteiger partial charge on any atom is 0.259 e. The predicted molar refractivity (Wildman–Crippen MR) is 78.2 cm³/mol. The molecule has 2 N–H and O–H groups in total. The number of carbonyl (C=O) groups is 1. The Bertz CT molecular complexity index is 718. The summed E-state index contributed by atoms with van der Waals surface area (Å²) in [5, 5.41) is 2.75. The maximum absolute atomic E-state index is 12.1. The molecule has 1 amide bonds. The predicted octanol–water partition coefficient (Wildman–Crippen LogP) is 3.58. The fourth-order valence-corrected chi connectivity index (χ4v) is 2.30. The summed E-state index contributed by atoms with van der Waals surface area (Å²) in [5.74, 6) is 0.244. The Hall–Kier alpha value is -2.14. The molecule has 4 nitrogen and oxygen atoms in total. The first kappa shape index (κ1) is 11.9. The van der Waals surface area contributed by atoms with Crippen LogP contribution in [0, 0.1) is 0 Å². The number of aromatic nitrogens is 2. The molecule has 0 unspecified atom stereocenters. The molecule has 5 heteroatoms. The lowest BCUT2D eigenvalue weighted by Crippen LogP contribution is -2.13. The van der Waals surface area contributed by atoms with E-state index in [1.54, 1.807) is 6.07 Å². The number of nitrogens with zero attached hydrogens (tertiary/aromatic N) is 1. The van der Waals surface area contributed by atoms with Crippen molar-refractivity contribution in [1.82, 2.24) is 9.97 Å².